The molecule has 31 heavy (non-hydrogen) atoms. The highest BCUT2D eigenvalue weighted by Gasteiger charge is 2.35. The fourth-order valence-electron chi connectivity index (χ4n) is 3.48. The van der Waals surface area contributed by atoms with Crippen molar-refractivity contribution in [2.75, 3.05) is 10.8 Å². The number of sulfonamides is 1. The largest absolute Gasteiger partial charge is 0.423 e. The highest BCUT2D eigenvalue weighted by atomic mass is 32.2. The Morgan fingerprint density at radius 3 is 2.61 bits per heavy atom. The normalized spacial score (nSPS) is 17.4. The van der Waals surface area contributed by atoms with Gasteiger partial charge in [0.25, 0.3) is 10.0 Å². The lowest BCUT2D eigenvalue weighted by Crippen LogP contribution is -2.32. The molecular weight excluding hydrogens is 451 g/mol. The number of halogens is 3. The summed E-state index contributed by atoms with van der Waals surface area (Å²) in [5.74, 6) is 0. The standard InChI is InChI=1S/C21H18F3NO4S2/c1-2-15-9-10-25(17-12-14(21(22,23)24)4-7-19(17)30-15)31(27,28)16-5-6-18-13(11-16)3-8-20(26)29-18/h3-8,11-12,15H,2,9-10H2,1H3. The summed E-state index contributed by atoms with van der Waals surface area (Å²) < 4.78 is 73.2. The predicted molar refractivity (Wildman–Crippen MR) is 113 cm³/mol. The number of benzene rings is 2. The summed E-state index contributed by atoms with van der Waals surface area (Å²) in [6.07, 6.45) is -3.33. The lowest BCUT2D eigenvalue weighted by Gasteiger charge is -2.25. The van der Waals surface area contributed by atoms with E-state index in [1.54, 1.807) is 0 Å². The van der Waals surface area contributed by atoms with Crippen molar-refractivity contribution in [3.05, 3.63) is 64.5 Å². The van der Waals surface area contributed by atoms with Crippen molar-refractivity contribution in [1.29, 1.82) is 0 Å². The molecule has 3 aromatic rings. The van der Waals surface area contributed by atoms with Crippen LogP contribution in [0.1, 0.15) is 25.3 Å². The molecule has 0 aliphatic carbocycles. The molecule has 2 aromatic carbocycles. The maximum absolute atomic E-state index is 13.5. The highest BCUT2D eigenvalue weighted by molar-refractivity contribution is 8.00. The minimum absolute atomic E-state index is 0.0236. The minimum atomic E-state index is -4.59. The van der Waals surface area contributed by atoms with Gasteiger partial charge in [-0.1, -0.05) is 6.92 Å². The lowest BCUT2D eigenvalue weighted by molar-refractivity contribution is -0.137. The van der Waals surface area contributed by atoms with Gasteiger partial charge < -0.3 is 4.42 Å². The van der Waals surface area contributed by atoms with E-state index in [1.165, 1.54) is 48.2 Å². The van der Waals surface area contributed by atoms with E-state index in [-0.39, 0.29) is 28.0 Å². The van der Waals surface area contributed by atoms with Crippen LogP contribution in [0.25, 0.3) is 11.0 Å². The van der Waals surface area contributed by atoms with Gasteiger partial charge in [0.2, 0.25) is 0 Å². The minimum Gasteiger partial charge on any atom is -0.423 e. The summed E-state index contributed by atoms with van der Waals surface area (Å²) in [6.45, 7) is 2.02. The fraction of sp³-hybridized carbons (Fsp3) is 0.286. The van der Waals surface area contributed by atoms with Crippen LogP contribution in [-0.4, -0.2) is 20.2 Å². The molecule has 0 bridgehead atoms. The number of hydrogen-bond acceptors (Lipinski definition) is 5. The molecule has 0 saturated carbocycles. The van der Waals surface area contributed by atoms with E-state index in [0.29, 0.717) is 16.7 Å². The number of thioether (sulfide) groups is 1. The smallest absolute Gasteiger partial charge is 0.416 e. The van der Waals surface area contributed by atoms with Crippen molar-refractivity contribution < 1.29 is 26.0 Å². The number of anilines is 1. The summed E-state index contributed by atoms with van der Waals surface area (Å²) in [5.41, 5.74) is -1.21. The van der Waals surface area contributed by atoms with Gasteiger partial charge in [-0.05, 0) is 55.3 Å². The van der Waals surface area contributed by atoms with E-state index in [2.05, 4.69) is 0 Å². The van der Waals surface area contributed by atoms with Crippen molar-refractivity contribution in [2.45, 2.75) is 41.0 Å². The van der Waals surface area contributed by atoms with Crippen molar-refractivity contribution in [3.63, 3.8) is 0 Å². The summed E-state index contributed by atoms with van der Waals surface area (Å²) in [4.78, 5) is 11.8. The van der Waals surface area contributed by atoms with Crippen LogP contribution in [0.15, 0.2) is 67.5 Å². The number of fused-ring (bicyclic) bond motifs is 2. The van der Waals surface area contributed by atoms with Crippen LogP contribution in [0.4, 0.5) is 18.9 Å². The third-order valence-electron chi connectivity index (χ3n) is 5.14. The lowest BCUT2D eigenvalue weighted by atomic mass is 10.2. The Morgan fingerprint density at radius 2 is 1.90 bits per heavy atom. The third-order valence-corrected chi connectivity index (χ3v) is 8.45. The first kappa shape index (κ1) is 21.8. The topological polar surface area (TPSA) is 67.6 Å². The Labute approximate surface area is 180 Å². The van der Waals surface area contributed by atoms with Gasteiger partial charge in [0, 0.05) is 28.1 Å². The van der Waals surface area contributed by atoms with Crippen molar-refractivity contribution in [3.8, 4) is 0 Å². The SMILES string of the molecule is CCC1CCN(S(=O)(=O)c2ccc3oc(=O)ccc3c2)c2cc(C(F)(F)F)ccc2S1. The fourth-order valence-corrected chi connectivity index (χ4v) is 6.25. The van der Waals surface area contributed by atoms with Gasteiger partial charge in [0.05, 0.1) is 16.1 Å². The van der Waals surface area contributed by atoms with Gasteiger partial charge in [-0.15, -0.1) is 11.8 Å². The summed E-state index contributed by atoms with van der Waals surface area (Å²) in [7, 11) is -4.16. The Hall–Kier alpha value is -2.46. The van der Waals surface area contributed by atoms with E-state index >= 15 is 0 Å². The second-order valence-electron chi connectivity index (χ2n) is 7.15. The summed E-state index contributed by atoms with van der Waals surface area (Å²) >= 11 is 1.39. The number of rotatable bonds is 3. The maximum atomic E-state index is 13.5. The monoisotopic (exact) mass is 469 g/mol. The Morgan fingerprint density at radius 1 is 1.13 bits per heavy atom. The van der Waals surface area contributed by atoms with Crippen molar-refractivity contribution in [1.82, 2.24) is 0 Å². The number of nitrogens with zero attached hydrogens (tertiary/aromatic N) is 1. The number of hydrogen-bond donors (Lipinski definition) is 0. The zero-order valence-electron chi connectivity index (χ0n) is 16.3. The van der Waals surface area contributed by atoms with Gasteiger partial charge in [0.15, 0.2) is 0 Å². The maximum Gasteiger partial charge on any atom is 0.416 e. The third kappa shape index (κ3) is 4.18. The second kappa shape index (κ2) is 7.90. The average Bonchev–Trinajstić information content (AvgIpc) is 2.91. The van der Waals surface area contributed by atoms with Gasteiger partial charge in [0.1, 0.15) is 5.58 Å². The second-order valence-corrected chi connectivity index (χ2v) is 10.4. The van der Waals surface area contributed by atoms with E-state index in [1.807, 2.05) is 6.92 Å². The molecule has 164 valence electrons. The predicted octanol–water partition coefficient (Wildman–Crippen LogP) is 5.28. The van der Waals surface area contributed by atoms with Crippen molar-refractivity contribution in [2.24, 2.45) is 0 Å². The molecule has 1 aromatic heterocycles. The van der Waals surface area contributed by atoms with E-state index in [0.717, 1.165) is 22.9 Å². The van der Waals surface area contributed by atoms with Gasteiger partial charge in [-0.25, -0.2) is 13.2 Å². The first-order valence-corrected chi connectivity index (χ1v) is 11.9. The van der Waals surface area contributed by atoms with E-state index in [4.69, 9.17) is 4.42 Å². The van der Waals surface area contributed by atoms with Crippen LogP contribution in [0, 0.1) is 0 Å². The molecule has 0 amide bonds. The molecule has 0 N–H and O–H groups in total. The molecule has 0 fully saturated rings. The van der Waals surface area contributed by atoms with Gasteiger partial charge in [-0.2, -0.15) is 13.2 Å². The number of alkyl halides is 3. The van der Waals surface area contributed by atoms with Crippen LogP contribution < -0.4 is 9.93 Å². The van der Waals surface area contributed by atoms with Crippen LogP contribution in [0.5, 0.6) is 0 Å². The van der Waals surface area contributed by atoms with Crippen LogP contribution in [-0.2, 0) is 16.2 Å². The Kier molecular flexibility index (Phi) is 5.55. The average molecular weight is 470 g/mol. The quantitative estimate of drug-likeness (QED) is 0.488. The van der Waals surface area contributed by atoms with Gasteiger partial charge in [-0.3, -0.25) is 4.31 Å². The Bertz CT molecular complexity index is 1300. The molecule has 1 aliphatic rings. The first-order valence-electron chi connectivity index (χ1n) is 9.54. The van der Waals surface area contributed by atoms with Crippen molar-refractivity contribution >= 4 is 38.4 Å². The zero-order chi connectivity index (χ0) is 22.4. The molecule has 5 nitrogen and oxygen atoms in total. The van der Waals surface area contributed by atoms with E-state index in [9.17, 15) is 26.4 Å². The zero-order valence-corrected chi connectivity index (χ0v) is 18.0. The van der Waals surface area contributed by atoms with E-state index < -0.39 is 27.4 Å². The summed E-state index contributed by atoms with van der Waals surface area (Å²) in [6, 6.07) is 9.87. The molecule has 2 heterocycles. The van der Waals surface area contributed by atoms with Crippen LogP contribution in [0.3, 0.4) is 0 Å². The molecule has 0 saturated heterocycles. The molecule has 10 heteroatoms. The van der Waals surface area contributed by atoms with Gasteiger partial charge >= 0.3 is 11.8 Å². The molecule has 4 rings (SSSR count). The van der Waals surface area contributed by atoms with Crippen LogP contribution in [0.2, 0.25) is 0 Å². The molecule has 0 spiro atoms. The Balaban J connectivity index is 1.86. The molecule has 1 aliphatic heterocycles. The highest BCUT2D eigenvalue weighted by Crippen LogP contribution is 2.43. The molecular formula is C21H18F3NO4S2. The summed E-state index contributed by atoms with van der Waals surface area (Å²) in [5, 5.41) is 0.488. The molecule has 1 unspecified atom stereocenters. The van der Waals surface area contributed by atoms with Crippen LogP contribution >= 0.6 is 11.8 Å². The first-order chi connectivity index (χ1) is 14.6. The molecule has 0 radical (unpaired) electrons. The molecule has 1 atom stereocenters.